The zero-order valence-corrected chi connectivity index (χ0v) is 18.6. The highest BCUT2D eigenvalue weighted by Crippen LogP contribution is 2.43. The van der Waals surface area contributed by atoms with Crippen molar-refractivity contribution in [3.05, 3.63) is 30.2 Å². The van der Waals surface area contributed by atoms with Crippen LogP contribution in [0.5, 0.6) is 5.75 Å². The Balaban J connectivity index is 1.62. The highest BCUT2D eigenvalue weighted by molar-refractivity contribution is 5.83. The van der Waals surface area contributed by atoms with Crippen LogP contribution in [0.3, 0.4) is 0 Å². The zero-order valence-electron chi connectivity index (χ0n) is 18.6. The maximum atomic E-state index is 13.2. The third-order valence-corrected chi connectivity index (χ3v) is 6.37. The molecule has 0 saturated carbocycles. The molecule has 0 atom stereocenters. The van der Waals surface area contributed by atoms with Gasteiger partial charge in [-0.05, 0) is 44.5 Å². The van der Waals surface area contributed by atoms with E-state index in [1.807, 2.05) is 14.1 Å². The Morgan fingerprint density at radius 2 is 1.97 bits per heavy atom. The summed E-state index contributed by atoms with van der Waals surface area (Å²) in [7, 11) is 3.97. The van der Waals surface area contributed by atoms with Crippen LogP contribution in [0.1, 0.15) is 18.5 Å². The molecule has 1 N–H and O–H groups in total. The van der Waals surface area contributed by atoms with Crippen molar-refractivity contribution in [1.82, 2.24) is 24.9 Å². The summed E-state index contributed by atoms with van der Waals surface area (Å²) < 4.78 is 47.4. The normalized spacial score (nSPS) is 17.4. The molecule has 0 amide bonds. The van der Waals surface area contributed by atoms with E-state index in [1.54, 1.807) is 10.7 Å². The summed E-state index contributed by atoms with van der Waals surface area (Å²) in [6.45, 7) is 3.91. The number of anilines is 2. The van der Waals surface area contributed by atoms with Crippen LogP contribution in [0.15, 0.2) is 24.5 Å². The first-order valence-electron chi connectivity index (χ1n) is 11.1. The van der Waals surface area contributed by atoms with E-state index in [4.69, 9.17) is 9.84 Å². The molecule has 1 fully saturated rings. The molecule has 0 aliphatic carbocycles. The van der Waals surface area contributed by atoms with Crippen molar-refractivity contribution in [3.63, 3.8) is 0 Å². The number of ether oxygens (including phenoxy) is 1. The molecule has 0 spiro atoms. The van der Waals surface area contributed by atoms with Crippen molar-refractivity contribution in [2.45, 2.75) is 19.0 Å². The molecule has 3 aromatic heterocycles. The smallest absolute Gasteiger partial charge is 0.433 e. The predicted molar refractivity (Wildman–Crippen MR) is 119 cm³/mol. The minimum atomic E-state index is -4.53. The highest BCUT2D eigenvalue weighted by Gasteiger charge is 2.34. The average Bonchev–Trinajstić information content (AvgIpc) is 3.23. The number of halogens is 3. The van der Waals surface area contributed by atoms with Gasteiger partial charge in [-0.15, -0.1) is 5.10 Å². The van der Waals surface area contributed by atoms with Crippen LogP contribution in [0.4, 0.5) is 24.7 Å². The lowest BCUT2D eigenvalue weighted by molar-refractivity contribution is -0.141. The number of rotatable bonds is 4. The molecule has 0 bridgehead atoms. The standard InChI is InChI=1S/C22H26F3N7O/c1-26-12-14-4-7-31(8-5-14)20-18-19(33-10-9-30(18)2)21-28-13-16(32(21)29-20)15-3-6-27-17(11-15)22(23,24)25/h3,6,11,13-14,26H,4-5,7-10,12H2,1-2H3. The summed E-state index contributed by atoms with van der Waals surface area (Å²) in [5.41, 5.74) is 1.23. The van der Waals surface area contributed by atoms with E-state index in [-0.39, 0.29) is 0 Å². The number of likely N-dealkylation sites (N-methyl/N-ethyl adjacent to an activating group) is 1. The fraction of sp³-hybridized carbons (Fsp3) is 0.500. The second kappa shape index (κ2) is 8.36. The van der Waals surface area contributed by atoms with Crippen LogP contribution >= 0.6 is 0 Å². The van der Waals surface area contributed by atoms with Gasteiger partial charge in [0, 0.05) is 31.9 Å². The molecule has 33 heavy (non-hydrogen) atoms. The summed E-state index contributed by atoms with van der Waals surface area (Å²) in [6, 6.07) is 2.57. The Morgan fingerprint density at radius 3 is 2.70 bits per heavy atom. The van der Waals surface area contributed by atoms with Crippen molar-refractivity contribution in [3.8, 4) is 17.0 Å². The van der Waals surface area contributed by atoms with Crippen molar-refractivity contribution < 1.29 is 17.9 Å². The fourth-order valence-corrected chi connectivity index (χ4v) is 4.62. The SMILES string of the molecule is CNCC1CCN(c2nn3c(-c4ccnc(C(F)(F)F)c4)cnc3c3c2N(C)CCO3)CC1. The van der Waals surface area contributed by atoms with Gasteiger partial charge in [0.2, 0.25) is 0 Å². The van der Waals surface area contributed by atoms with E-state index in [0.717, 1.165) is 62.8 Å². The van der Waals surface area contributed by atoms with E-state index in [0.29, 0.717) is 35.2 Å². The summed E-state index contributed by atoms with van der Waals surface area (Å²) in [5.74, 6) is 2.00. The largest absolute Gasteiger partial charge is 0.486 e. The first-order chi connectivity index (χ1) is 15.9. The minimum Gasteiger partial charge on any atom is -0.486 e. The minimum absolute atomic E-state index is 0.347. The second-order valence-corrected chi connectivity index (χ2v) is 8.57. The molecule has 176 valence electrons. The van der Waals surface area contributed by atoms with E-state index in [2.05, 4.69) is 25.1 Å². The molecular formula is C22H26F3N7O. The molecule has 1 saturated heterocycles. The van der Waals surface area contributed by atoms with Crippen molar-refractivity contribution >= 4 is 17.2 Å². The first kappa shape index (κ1) is 21.7. The number of fused-ring (bicyclic) bond motifs is 3. The molecule has 2 aliphatic rings. The van der Waals surface area contributed by atoms with Gasteiger partial charge >= 0.3 is 6.18 Å². The maximum Gasteiger partial charge on any atom is 0.433 e. The summed E-state index contributed by atoms with van der Waals surface area (Å²) in [6.07, 6.45) is 0.246. The van der Waals surface area contributed by atoms with Crippen molar-refractivity contribution in [2.24, 2.45) is 5.92 Å². The Labute approximate surface area is 189 Å². The molecule has 0 unspecified atom stereocenters. The van der Waals surface area contributed by atoms with Gasteiger partial charge < -0.3 is 19.9 Å². The number of nitrogens with zero attached hydrogens (tertiary/aromatic N) is 6. The number of alkyl halides is 3. The van der Waals surface area contributed by atoms with Gasteiger partial charge in [-0.2, -0.15) is 13.2 Å². The van der Waals surface area contributed by atoms with Crippen LogP contribution in [-0.2, 0) is 6.18 Å². The van der Waals surface area contributed by atoms with Crippen LogP contribution in [0.25, 0.3) is 16.9 Å². The molecule has 5 rings (SSSR count). The number of imidazole rings is 1. The van der Waals surface area contributed by atoms with E-state index < -0.39 is 11.9 Å². The van der Waals surface area contributed by atoms with Crippen LogP contribution in [0.2, 0.25) is 0 Å². The van der Waals surface area contributed by atoms with Crippen LogP contribution in [-0.4, -0.2) is 66.5 Å². The number of hydrogen-bond donors (Lipinski definition) is 1. The molecule has 0 aromatic carbocycles. The van der Waals surface area contributed by atoms with E-state index >= 15 is 0 Å². The van der Waals surface area contributed by atoms with Gasteiger partial charge in [0.05, 0.1) is 18.4 Å². The van der Waals surface area contributed by atoms with Gasteiger partial charge in [-0.1, -0.05) is 0 Å². The Kier molecular flexibility index (Phi) is 5.51. The quantitative estimate of drug-likeness (QED) is 0.640. The topological polar surface area (TPSA) is 70.8 Å². The van der Waals surface area contributed by atoms with Gasteiger partial charge in [0.15, 0.2) is 17.2 Å². The molecule has 8 nitrogen and oxygen atoms in total. The third kappa shape index (κ3) is 3.94. The fourth-order valence-electron chi connectivity index (χ4n) is 4.62. The van der Waals surface area contributed by atoms with Crippen molar-refractivity contribution in [2.75, 3.05) is 56.7 Å². The number of piperidine rings is 1. The number of hydrogen-bond acceptors (Lipinski definition) is 7. The maximum absolute atomic E-state index is 13.2. The monoisotopic (exact) mass is 461 g/mol. The Bertz CT molecular complexity index is 1150. The lowest BCUT2D eigenvalue weighted by Crippen LogP contribution is -2.39. The first-order valence-corrected chi connectivity index (χ1v) is 11.1. The zero-order chi connectivity index (χ0) is 23.2. The summed E-state index contributed by atoms with van der Waals surface area (Å²) in [4.78, 5) is 12.3. The van der Waals surface area contributed by atoms with Gasteiger partial charge in [0.1, 0.15) is 18.0 Å². The van der Waals surface area contributed by atoms with Gasteiger partial charge in [-0.25, -0.2) is 9.50 Å². The summed E-state index contributed by atoms with van der Waals surface area (Å²) in [5, 5.41) is 8.15. The second-order valence-electron chi connectivity index (χ2n) is 8.57. The third-order valence-electron chi connectivity index (χ3n) is 6.37. The molecule has 0 radical (unpaired) electrons. The lowest BCUT2D eigenvalue weighted by atomic mass is 9.97. The number of nitrogens with one attached hydrogen (secondary N) is 1. The predicted octanol–water partition coefficient (Wildman–Crippen LogP) is 3.07. The molecule has 2 aliphatic heterocycles. The molecule has 11 heteroatoms. The van der Waals surface area contributed by atoms with Gasteiger partial charge in [-0.3, -0.25) is 4.98 Å². The molecule has 3 aromatic rings. The van der Waals surface area contributed by atoms with E-state index in [1.165, 1.54) is 6.07 Å². The average molecular weight is 461 g/mol. The van der Waals surface area contributed by atoms with Crippen molar-refractivity contribution in [1.29, 1.82) is 0 Å². The van der Waals surface area contributed by atoms with Gasteiger partial charge in [0.25, 0.3) is 0 Å². The highest BCUT2D eigenvalue weighted by atomic mass is 19.4. The van der Waals surface area contributed by atoms with Crippen LogP contribution < -0.4 is 19.9 Å². The number of pyridine rings is 1. The summed E-state index contributed by atoms with van der Waals surface area (Å²) >= 11 is 0. The number of aromatic nitrogens is 4. The Hall–Kier alpha value is -3.08. The molecular weight excluding hydrogens is 435 g/mol. The van der Waals surface area contributed by atoms with Crippen LogP contribution in [0, 0.1) is 5.92 Å². The molecule has 5 heterocycles. The van der Waals surface area contributed by atoms with E-state index in [9.17, 15) is 13.2 Å². The Morgan fingerprint density at radius 1 is 1.18 bits per heavy atom. The lowest BCUT2D eigenvalue weighted by Gasteiger charge is -2.37.